The number of amides is 3. The van der Waals surface area contributed by atoms with Gasteiger partial charge in [-0.1, -0.05) is 48.5 Å². The lowest BCUT2D eigenvalue weighted by atomic mass is 10.0. The Kier molecular flexibility index (Phi) is 6.84. The molecule has 1 fully saturated rings. The smallest absolute Gasteiger partial charge is 0.273 e. The number of benzene rings is 2. The average Bonchev–Trinajstić information content (AvgIpc) is 3.49. The summed E-state index contributed by atoms with van der Waals surface area (Å²) in [4.78, 5) is 49.8. The highest BCUT2D eigenvalue weighted by molar-refractivity contribution is 7.14. The van der Waals surface area contributed by atoms with Gasteiger partial charge in [0.25, 0.3) is 17.7 Å². The van der Waals surface area contributed by atoms with Crippen molar-refractivity contribution in [3.8, 4) is 0 Å². The SMILES string of the molecule is CN(C)C1CCN(C(=O)c2csc(NC(=O)C(c3ccccc3)N3Cc4ccccc4C3=O)n2)CC1. The van der Waals surface area contributed by atoms with Crippen molar-refractivity contribution in [2.75, 3.05) is 32.5 Å². The van der Waals surface area contributed by atoms with Crippen molar-refractivity contribution < 1.29 is 14.4 Å². The molecule has 1 aromatic heterocycles. The Bertz CT molecular complexity index is 1270. The molecule has 3 heterocycles. The first-order valence-electron chi connectivity index (χ1n) is 12.1. The number of nitrogens with zero attached hydrogens (tertiary/aromatic N) is 4. The van der Waals surface area contributed by atoms with Crippen molar-refractivity contribution in [3.05, 3.63) is 82.4 Å². The molecule has 8 nitrogen and oxygen atoms in total. The van der Waals surface area contributed by atoms with Crippen LogP contribution in [0.2, 0.25) is 0 Å². The largest absolute Gasteiger partial charge is 0.337 e. The van der Waals surface area contributed by atoms with Gasteiger partial charge in [0, 0.05) is 36.6 Å². The van der Waals surface area contributed by atoms with Crippen LogP contribution in [0.1, 0.15) is 50.9 Å². The van der Waals surface area contributed by atoms with E-state index < -0.39 is 6.04 Å². The van der Waals surface area contributed by atoms with Crippen molar-refractivity contribution in [1.82, 2.24) is 19.7 Å². The minimum atomic E-state index is -0.820. The molecule has 0 radical (unpaired) electrons. The third kappa shape index (κ3) is 4.76. The van der Waals surface area contributed by atoms with Crippen molar-refractivity contribution in [1.29, 1.82) is 0 Å². The van der Waals surface area contributed by atoms with Gasteiger partial charge in [0.15, 0.2) is 5.13 Å². The monoisotopic (exact) mass is 503 g/mol. The van der Waals surface area contributed by atoms with Gasteiger partial charge in [-0.25, -0.2) is 4.98 Å². The van der Waals surface area contributed by atoms with Gasteiger partial charge in [-0.05, 0) is 44.1 Å². The molecule has 186 valence electrons. The molecule has 2 aliphatic heterocycles. The van der Waals surface area contributed by atoms with Crippen LogP contribution in [0.4, 0.5) is 5.13 Å². The van der Waals surface area contributed by atoms with Crippen LogP contribution in [0.25, 0.3) is 0 Å². The van der Waals surface area contributed by atoms with E-state index in [1.807, 2.05) is 53.4 Å². The van der Waals surface area contributed by atoms with Crippen LogP contribution in [0, 0.1) is 0 Å². The Labute approximate surface area is 214 Å². The fourth-order valence-electron chi connectivity index (χ4n) is 4.94. The number of aromatic nitrogens is 1. The molecule has 9 heteroatoms. The fourth-order valence-corrected chi connectivity index (χ4v) is 5.63. The second-order valence-electron chi connectivity index (χ2n) is 9.42. The highest BCUT2D eigenvalue weighted by Gasteiger charge is 2.37. The number of piperidine rings is 1. The van der Waals surface area contributed by atoms with E-state index >= 15 is 0 Å². The standard InChI is InChI=1S/C27H29N5O3S/c1-30(2)20-12-14-31(15-13-20)26(35)22-17-36-27(28-22)29-24(33)23(18-8-4-3-5-9-18)32-16-19-10-6-7-11-21(19)25(32)34/h3-11,17,20,23H,12-16H2,1-2H3,(H,28,29,33). The lowest BCUT2D eigenvalue weighted by Gasteiger charge is -2.34. The zero-order chi connectivity index (χ0) is 25.2. The van der Waals surface area contributed by atoms with E-state index in [2.05, 4.69) is 29.3 Å². The summed E-state index contributed by atoms with van der Waals surface area (Å²) in [5, 5.41) is 4.89. The summed E-state index contributed by atoms with van der Waals surface area (Å²) in [7, 11) is 4.13. The lowest BCUT2D eigenvalue weighted by molar-refractivity contribution is -0.120. The maximum atomic E-state index is 13.5. The minimum absolute atomic E-state index is 0.117. The normalized spacial score (nSPS) is 16.8. The van der Waals surface area contributed by atoms with Gasteiger partial charge in [0.2, 0.25) is 0 Å². The molecular formula is C27H29N5O3S. The van der Waals surface area contributed by atoms with Gasteiger partial charge < -0.3 is 14.7 Å². The Morgan fingerprint density at radius 1 is 1.06 bits per heavy atom. The summed E-state index contributed by atoms with van der Waals surface area (Å²) in [5.74, 6) is -0.651. The van der Waals surface area contributed by atoms with Crippen LogP contribution < -0.4 is 5.32 Å². The molecule has 2 aliphatic rings. The molecule has 0 bridgehead atoms. The number of likely N-dealkylation sites (tertiary alicyclic amines) is 1. The predicted molar refractivity (Wildman–Crippen MR) is 139 cm³/mol. The summed E-state index contributed by atoms with van der Waals surface area (Å²) in [6.45, 7) is 1.73. The molecule has 0 saturated carbocycles. The van der Waals surface area contributed by atoms with Crippen LogP contribution in [-0.2, 0) is 11.3 Å². The highest BCUT2D eigenvalue weighted by Crippen LogP contribution is 2.32. The number of carbonyl (C=O) groups excluding carboxylic acids is 3. The number of anilines is 1. The quantitative estimate of drug-likeness (QED) is 0.555. The molecule has 3 amide bonds. The van der Waals surface area contributed by atoms with Crippen LogP contribution in [0.15, 0.2) is 60.0 Å². The molecule has 36 heavy (non-hydrogen) atoms. The zero-order valence-electron chi connectivity index (χ0n) is 20.4. The van der Waals surface area contributed by atoms with Gasteiger partial charge in [0.05, 0.1) is 0 Å². The van der Waals surface area contributed by atoms with Gasteiger partial charge >= 0.3 is 0 Å². The number of hydrogen-bond acceptors (Lipinski definition) is 6. The maximum absolute atomic E-state index is 13.5. The summed E-state index contributed by atoms with van der Waals surface area (Å²) >= 11 is 1.22. The molecule has 1 atom stereocenters. The Hall–Kier alpha value is -3.56. The van der Waals surface area contributed by atoms with E-state index in [0.717, 1.165) is 18.4 Å². The molecule has 1 unspecified atom stereocenters. The fraction of sp³-hybridized carbons (Fsp3) is 0.333. The minimum Gasteiger partial charge on any atom is -0.337 e. The van der Waals surface area contributed by atoms with Gasteiger partial charge in [-0.3, -0.25) is 19.7 Å². The first-order valence-corrected chi connectivity index (χ1v) is 13.0. The van der Waals surface area contributed by atoms with Gasteiger partial charge in [-0.2, -0.15) is 0 Å². The first-order chi connectivity index (χ1) is 17.4. The zero-order valence-corrected chi connectivity index (χ0v) is 21.2. The first kappa shape index (κ1) is 24.1. The van der Waals surface area contributed by atoms with Crippen molar-refractivity contribution in [3.63, 3.8) is 0 Å². The molecule has 0 aliphatic carbocycles. The molecule has 0 spiro atoms. The third-order valence-corrected chi connectivity index (χ3v) is 7.72. The van der Waals surface area contributed by atoms with Crippen molar-refractivity contribution >= 4 is 34.2 Å². The molecular weight excluding hydrogens is 474 g/mol. The summed E-state index contributed by atoms with van der Waals surface area (Å²) in [5.41, 5.74) is 2.56. The number of nitrogens with one attached hydrogen (secondary N) is 1. The van der Waals surface area contributed by atoms with Crippen LogP contribution in [0.5, 0.6) is 0 Å². The van der Waals surface area contributed by atoms with E-state index in [4.69, 9.17) is 0 Å². The van der Waals surface area contributed by atoms with E-state index in [-0.39, 0.29) is 17.7 Å². The number of fused-ring (bicyclic) bond motifs is 1. The topological polar surface area (TPSA) is 85.9 Å². The maximum Gasteiger partial charge on any atom is 0.273 e. The summed E-state index contributed by atoms with van der Waals surface area (Å²) in [6, 6.07) is 16.3. The molecule has 1 saturated heterocycles. The van der Waals surface area contributed by atoms with Gasteiger partial charge in [-0.15, -0.1) is 11.3 Å². The Morgan fingerprint density at radius 3 is 2.44 bits per heavy atom. The molecule has 1 N–H and O–H groups in total. The third-order valence-electron chi connectivity index (χ3n) is 6.96. The molecule has 3 aromatic rings. The van der Waals surface area contributed by atoms with Crippen LogP contribution in [-0.4, -0.2) is 70.6 Å². The van der Waals surface area contributed by atoms with Crippen LogP contribution in [0.3, 0.4) is 0 Å². The summed E-state index contributed by atoms with van der Waals surface area (Å²) in [6.07, 6.45) is 1.86. The number of thiazole rings is 1. The van der Waals surface area contributed by atoms with E-state index in [1.54, 1.807) is 16.3 Å². The van der Waals surface area contributed by atoms with Gasteiger partial charge in [0.1, 0.15) is 11.7 Å². The lowest BCUT2D eigenvalue weighted by Crippen LogP contribution is -2.44. The van der Waals surface area contributed by atoms with Crippen LogP contribution >= 0.6 is 11.3 Å². The van der Waals surface area contributed by atoms with E-state index in [0.29, 0.717) is 47.6 Å². The predicted octanol–water partition coefficient (Wildman–Crippen LogP) is 3.65. The highest BCUT2D eigenvalue weighted by atomic mass is 32.1. The second kappa shape index (κ2) is 10.2. The van der Waals surface area contributed by atoms with Crippen molar-refractivity contribution in [2.24, 2.45) is 0 Å². The Balaban J connectivity index is 1.31. The molecule has 5 rings (SSSR count). The number of rotatable bonds is 6. The molecule has 2 aromatic carbocycles. The van der Waals surface area contributed by atoms with E-state index in [1.165, 1.54) is 11.3 Å². The average molecular weight is 504 g/mol. The van der Waals surface area contributed by atoms with E-state index in [9.17, 15) is 14.4 Å². The second-order valence-corrected chi connectivity index (χ2v) is 10.3. The van der Waals surface area contributed by atoms with Crippen molar-refractivity contribution in [2.45, 2.75) is 31.5 Å². The Morgan fingerprint density at radius 2 is 1.75 bits per heavy atom. The number of hydrogen-bond donors (Lipinski definition) is 1. The number of carbonyl (C=O) groups is 3. The summed E-state index contributed by atoms with van der Waals surface area (Å²) < 4.78 is 0.